The fraction of sp³-hybridized carbons (Fsp3) is 0.667. The van der Waals surface area contributed by atoms with Crippen molar-refractivity contribution >= 4 is 39.7 Å². The molecule has 23 heavy (non-hydrogen) atoms. The van der Waals surface area contributed by atoms with E-state index in [0.29, 0.717) is 17.8 Å². The minimum absolute atomic E-state index is 0. The van der Waals surface area contributed by atoms with Gasteiger partial charge in [0.25, 0.3) is 10.1 Å². The van der Waals surface area contributed by atoms with E-state index in [2.05, 4.69) is 27.7 Å². The van der Waals surface area contributed by atoms with Crippen LogP contribution in [0.15, 0.2) is 35.2 Å². The Bertz CT molecular complexity index is 516. The first-order valence-corrected chi connectivity index (χ1v) is 9.73. The van der Waals surface area contributed by atoms with Crippen LogP contribution in [0.5, 0.6) is 0 Å². The summed E-state index contributed by atoms with van der Waals surface area (Å²) in [6.07, 6.45) is 4.25. The summed E-state index contributed by atoms with van der Waals surface area (Å²) in [4.78, 5) is 0.230. The first-order valence-electron chi connectivity index (χ1n) is 8.33. The number of hydrogen-bond donors (Lipinski definition) is 0. The maximum absolute atomic E-state index is 12.0. The van der Waals surface area contributed by atoms with Crippen LogP contribution in [-0.4, -0.2) is 44.6 Å². The number of hydrogen-bond acceptors (Lipinski definition) is 3. The Hall–Kier alpha value is 0.130. The number of rotatable bonds is 10. The Morgan fingerprint density at radius 1 is 1.00 bits per heavy atom. The fourth-order valence-electron chi connectivity index (χ4n) is 2.77. The average molecular weight is 350 g/mol. The minimum atomic E-state index is -3.60. The Kier molecular flexibility index (Phi) is 11.7. The molecule has 1 rings (SSSR count). The second-order valence-electron chi connectivity index (χ2n) is 6.33. The first kappa shape index (κ1) is 23.1. The zero-order valence-corrected chi connectivity index (χ0v) is 15.1. The normalized spacial score (nSPS) is 15.5. The van der Waals surface area contributed by atoms with E-state index in [1.165, 1.54) is 12.8 Å². The van der Waals surface area contributed by atoms with Gasteiger partial charge in [-0.3, -0.25) is 4.18 Å². The van der Waals surface area contributed by atoms with Gasteiger partial charge in [-0.2, -0.15) is 8.42 Å². The van der Waals surface area contributed by atoms with Crippen molar-refractivity contribution in [2.24, 2.45) is 17.8 Å². The molecule has 3 atom stereocenters. The second-order valence-corrected chi connectivity index (χ2v) is 7.95. The van der Waals surface area contributed by atoms with E-state index in [-0.39, 0.29) is 41.1 Å². The summed E-state index contributed by atoms with van der Waals surface area (Å²) >= 11 is 0. The molecule has 0 amide bonds. The topological polar surface area (TPSA) is 43.4 Å². The SMILES string of the molecule is CCCC(C)C(C)C(C)CCCOS(=O)(=O)c1ccccc1.[NaH]. The van der Waals surface area contributed by atoms with Crippen LogP contribution in [0, 0.1) is 17.8 Å². The summed E-state index contributed by atoms with van der Waals surface area (Å²) in [6.45, 7) is 9.34. The predicted molar refractivity (Wildman–Crippen MR) is 98.4 cm³/mol. The van der Waals surface area contributed by atoms with Crippen LogP contribution >= 0.6 is 0 Å². The summed E-state index contributed by atoms with van der Waals surface area (Å²) < 4.78 is 29.1. The molecule has 0 spiro atoms. The Labute approximate surface area is 164 Å². The van der Waals surface area contributed by atoms with Gasteiger partial charge in [0.05, 0.1) is 11.5 Å². The standard InChI is InChI=1S/C18H30O3S.Na.H/c1-5-10-15(2)17(4)16(3)11-9-14-21-22(19,20)18-12-7-6-8-13-18;;/h6-8,12-13,15-17H,5,9-11,14H2,1-4H3;;. The zero-order valence-electron chi connectivity index (χ0n) is 14.3. The third-order valence-electron chi connectivity index (χ3n) is 4.61. The van der Waals surface area contributed by atoms with E-state index < -0.39 is 10.1 Å². The predicted octanol–water partition coefficient (Wildman–Crippen LogP) is 4.23. The molecule has 0 bridgehead atoms. The van der Waals surface area contributed by atoms with Crippen molar-refractivity contribution in [2.75, 3.05) is 6.61 Å². The van der Waals surface area contributed by atoms with Gasteiger partial charge in [-0.05, 0) is 42.7 Å². The van der Waals surface area contributed by atoms with E-state index in [1.54, 1.807) is 30.3 Å². The van der Waals surface area contributed by atoms with Crippen molar-refractivity contribution in [2.45, 2.75) is 58.3 Å². The first-order chi connectivity index (χ1) is 10.4. The molecule has 1 aromatic rings. The van der Waals surface area contributed by atoms with E-state index >= 15 is 0 Å². The molecule has 1 aromatic carbocycles. The molecule has 128 valence electrons. The van der Waals surface area contributed by atoms with Gasteiger partial charge < -0.3 is 0 Å². The summed E-state index contributed by atoms with van der Waals surface area (Å²) in [7, 11) is -3.60. The molecule has 0 N–H and O–H groups in total. The third kappa shape index (κ3) is 8.17. The molecule has 3 unspecified atom stereocenters. The quantitative estimate of drug-likeness (QED) is 0.360. The van der Waals surface area contributed by atoms with Gasteiger partial charge in [0.2, 0.25) is 0 Å². The van der Waals surface area contributed by atoms with Gasteiger partial charge in [-0.15, -0.1) is 0 Å². The van der Waals surface area contributed by atoms with Crippen LogP contribution in [0.25, 0.3) is 0 Å². The molecule has 5 heteroatoms. The number of benzene rings is 1. The molecule has 0 saturated carbocycles. The maximum atomic E-state index is 12.0. The Balaban J connectivity index is 0.00000484. The van der Waals surface area contributed by atoms with Gasteiger partial charge in [0.15, 0.2) is 0 Å². The van der Waals surface area contributed by atoms with Crippen LogP contribution < -0.4 is 0 Å². The van der Waals surface area contributed by atoms with Crippen molar-refractivity contribution in [1.82, 2.24) is 0 Å². The Morgan fingerprint density at radius 2 is 1.57 bits per heavy atom. The molecular formula is C18H31NaO3S. The molecule has 0 aliphatic heterocycles. The van der Waals surface area contributed by atoms with Crippen molar-refractivity contribution in [3.63, 3.8) is 0 Å². The fourth-order valence-corrected chi connectivity index (χ4v) is 3.73. The molecular weight excluding hydrogens is 319 g/mol. The summed E-state index contributed by atoms with van der Waals surface area (Å²) in [5.74, 6) is 1.96. The third-order valence-corrected chi connectivity index (χ3v) is 5.94. The van der Waals surface area contributed by atoms with Crippen LogP contribution in [0.2, 0.25) is 0 Å². The van der Waals surface area contributed by atoms with Crippen LogP contribution in [-0.2, 0) is 14.3 Å². The van der Waals surface area contributed by atoms with Crippen molar-refractivity contribution in [3.05, 3.63) is 30.3 Å². The molecule has 0 fully saturated rings. The molecule has 0 aromatic heterocycles. The summed E-state index contributed by atoms with van der Waals surface area (Å²) in [5, 5.41) is 0. The molecule has 0 radical (unpaired) electrons. The zero-order chi connectivity index (χ0) is 16.6. The van der Waals surface area contributed by atoms with Crippen LogP contribution in [0.4, 0.5) is 0 Å². The summed E-state index contributed by atoms with van der Waals surface area (Å²) in [6, 6.07) is 8.32. The van der Waals surface area contributed by atoms with Gasteiger partial charge in [0.1, 0.15) is 0 Å². The van der Waals surface area contributed by atoms with E-state index in [4.69, 9.17) is 4.18 Å². The molecule has 0 aliphatic carbocycles. The van der Waals surface area contributed by atoms with Gasteiger partial charge in [-0.25, -0.2) is 0 Å². The molecule has 0 heterocycles. The summed E-state index contributed by atoms with van der Waals surface area (Å²) in [5.41, 5.74) is 0. The van der Waals surface area contributed by atoms with Gasteiger partial charge >= 0.3 is 29.6 Å². The molecule has 3 nitrogen and oxygen atoms in total. The van der Waals surface area contributed by atoms with Crippen LogP contribution in [0.1, 0.15) is 53.4 Å². The van der Waals surface area contributed by atoms with E-state index in [0.717, 1.165) is 12.8 Å². The van der Waals surface area contributed by atoms with Crippen molar-refractivity contribution in [1.29, 1.82) is 0 Å². The molecule has 0 aliphatic rings. The van der Waals surface area contributed by atoms with Gasteiger partial charge in [-0.1, -0.05) is 58.7 Å². The monoisotopic (exact) mass is 350 g/mol. The van der Waals surface area contributed by atoms with E-state index in [1.807, 2.05) is 0 Å². The Morgan fingerprint density at radius 3 is 2.13 bits per heavy atom. The van der Waals surface area contributed by atoms with E-state index in [9.17, 15) is 8.42 Å². The van der Waals surface area contributed by atoms with Crippen molar-refractivity contribution < 1.29 is 12.6 Å². The van der Waals surface area contributed by atoms with Crippen LogP contribution in [0.3, 0.4) is 0 Å². The van der Waals surface area contributed by atoms with Crippen molar-refractivity contribution in [3.8, 4) is 0 Å². The second kappa shape index (κ2) is 11.6. The molecule has 0 saturated heterocycles. The van der Waals surface area contributed by atoms with Gasteiger partial charge in [0, 0.05) is 0 Å². The average Bonchev–Trinajstić information content (AvgIpc) is 2.51.